The molecule has 0 spiro atoms. The number of hydrogen-bond donors (Lipinski definition) is 2. The lowest BCUT2D eigenvalue weighted by atomic mass is 10.1. The van der Waals surface area contributed by atoms with Gasteiger partial charge in [0.2, 0.25) is 0 Å². The summed E-state index contributed by atoms with van der Waals surface area (Å²) in [5, 5.41) is 0.394. The Morgan fingerprint density at radius 3 is 2.37 bits per heavy atom. The molecule has 1 aliphatic heterocycles. The summed E-state index contributed by atoms with van der Waals surface area (Å²) in [4.78, 5) is 26.8. The van der Waals surface area contributed by atoms with Gasteiger partial charge in [0, 0.05) is 29.4 Å². The molecule has 8 heteroatoms. The maximum atomic E-state index is 12.3. The molecule has 27 heavy (non-hydrogen) atoms. The summed E-state index contributed by atoms with van der Waals surface area (Å²) < 4.78 is 10.5. The van der Waals surface area contributed by atoms with Crippen LogP contribution in [0.15, 0.2) is 42.5 Å². The second kappa shape index (κ2) is 8.75. The predicted molar refractivity (Wildman–Crippen MR) is 102 cm³/mol. The molecule has 2 N–H and O–H groups in total. The quantitative estimate of drug-likeness (QED) is 0.784. The van der Waals surface area contributed by atoms with Gasteiger partial charge in [0.25, 0.3) is 11.8 Å². The number of morpholine rings is 1. The number of hydrazine groups is 1. The molecule has 7 nitrogen and oxygen atoms in total. The minimum absolute atomic E-state index is 0.230. The molecule has 1 aliphatic rings. The highest BCUT2D eigenvalue weighted by atomic mass is 35.5. The van der Waals surface area contributed by atoms with Crippen LogP contribution in [-0.4, -0.2) is 45.2 Å². The summed E-state index contributed by atoms with van der Waals surface area (Å²) in [6, 6.07) is 11.9. The first-order valence-corrected chi connectivity index (χ1v) is 8.83. The van der Waals surface area contributed by atoms with E-state index in [1.54, 1.807) is 24.3 Å². The Kier molecular flexibility index (Phi) is 6.16. The van der Waals surface area contributed by atoms with Crippen molar-refractivity contribution in [2.24, 2.45) is 0 Å². The van der Waals surface area contributed by atoms with E-state index < -0.39 is 11.8 Å². The molecular weight excluding hydrogens is 370 g/mol. The van der Waals surface area contributed by atoms with Gasteiger partial charge in [-0.05, 0) is 42.5 Å². The number of hydrogen-bond acceptors (Lipinski definition) is 5. The van der Waals surface area contributed by atoms with Crippen LogP contribution >= 0.6 is 11.6 Å². The van der Waals surface area contributed by atoms with Gasteiger partial charge in [0.1, 0.15) is 5.75 Å². The second-order valence-corrected chi connectivity index (χ2v) is 6.34. The topological polar surface area (TPSA) is 79.9 Å². The smallest absolute Gasteiger partial charge is 0.273 e. The van der Waals surface area contributed by atoms with Crippen LogP contribution in [0.25, 0.3) is 0 Å². The van der Waals surface area contributed by atoms with E-state index in [1.807, 2.05) is 12.1 Å². The molecule has 1 fully saturated rings. The van der Waals surface area contributed by atoms with Gasteiger partial charge in [-0.15, -0.1) is 0 Å². The van der Waals surface area contributed by atoms with Crippen LogP contribution in [0.4, 0.5) is 5.69 Å². The SMILES string of the molecule is COc1ccc(Cl)cc1C(=O)NNC(=O)c1ccc(N2CCOCC2)cc1. The Morgan fingerprint density at radius 1 is 1.04 bits per heavy atom. The molecule has 1 heterocycles. The number of nitrogens with zero attached hydrogens (tertiary/aromatic N) is 1. The van der Waals surface area contributed by atoms with Crippen molar-refractivity contribution in [3.05, 3.63) is 58.6 Å². The molecule has 3 rings (SSSR count). The number of nitrogens with one attached hydrogen (secondary N) is 2. The maximum Gasteiger partial charge on any atom is 0.273 e. The fourth-order valence-electron chi connectivity index (χ4n) is 2.76. The number of halogens is 1. The molecule has 0 radical (unpaired) electrons. The number of ether oxygens (including phenoxy) is 2. The average molecular weight is 390 g/mol. The van der Waals surface area contributed by atoms with Crippen LogP contribution in [0.5, 0.6) is 5.75 Å². The zero-order valence-corrected chi connectivity index (χ0v) is 15.6. The van der Waals surface area contributed by atoms with Crippen LogP contribution < -0.4 is 20.5 Å². The van der Waals surface area contributed by atoms with Gasteiger partial charge in [0.05, 0.1) is 25.9 Å². The average Bonchev–Trinajstić information content (AvgIpc) is 2.72. The molecule has 2 amide bonds. The number of carbonyl (C=O) groups excluding carboxylic acids is 2. The molecule has 1 saturated heterocycles. The lowest BCUT2D eigenvalue weighted by Crippen LogP contribution is -2.41. The maximum absolute atomic E-state index is 12.3. The van der Waals surface area contributed by atoms with Gasteiger partial charge in [0.15, 0.2) is 0 Å². The highest BCUT2D eigenvalue weighted by Gasteiger charge is 2.15. The van der Waals surface area contributed by atoms with Crippen LogP contribution in [0.3, 0.4) is 0 Å². The van der Waals surface area contributed by atoms with E-state index in [1.165, 1.54) is 13.2 Å². The molecule has 0 saturated carbocycles. The third-order valence-electron chi connectivity index (χ3n) is 4.20. The van der Waals surface area contributed by atoms with Gasteiger partial charge in [-0.3, -0.25) is 20.4 Å². The molecule has 0 aliphatic carbocycles. The van der Waals surface area contributed by atoms with Gasteiger partial charge in [-0.25, -0.2) is 0 Å². The number of amides is 2. The Bertz CT molecular complexity index is 820. The molecular formula is C19H20ClN3O4. The molecule has 2 aromatic rings. The molecule has 0 atom stereocenters. The fraction of sp³-hybridized carbons (Fsp3) is 0.263. The first-order valence-electron chi connectivity index (χ1n) is 8.45. The van der Waals surface area contributed by atoms with E-state index >= 15 is 0 Å². The lowest BCUT2D eigenvalue weighted by Gasteiger charge is -2.28. The number of carbonyl (C=O) groups is 2. The van der Waals surface area contributed by atoms with Gasteiger partial charge >= 0.3 is 0 Å². The van der Waals surface area contributed by atoms with Crippen molar-refractivity contribution in [1.82, 2.24) is 10.9 Å². The summed E-state index contributed by atoms with van der Waals surface area (Å²) in [6.45, 7) is 3.04. The minimum Gasteiger partial charge on any atom is -0.496 e. The molecule has 0 bridgehead atoms. The predicted octanol–water partition coefficient (Wildman–Crippen LogP) is 2.26. The summed E-state index contributed by atoms with van der Waals surface area (Å²) in [6.07, 6.45) is 0. The third kappa shape index (κ3) is 4.69. The normalized spacial score (nSPS) is 13.8. The summed E-state index contributed by atoms with van der Waals surface area (Å²) in [5.74, 6) is -0.577. The van der Waals surface area contributed by atoms with E-state index in [4.69, 9.17) is 21.1 Å². The largest absolute Gasteiger partial charge is 0.496 e. The molecule has 0 aromatic heterocycles. The van der Waals surface area contributed by atoms with E-state index in [9.17, 15) is 9.59 Å². The summed E-state index contributed by atoms with van der Waals surface area (Å²) in [7, 11) is 1.45. The van der Waals surface area contributed by atoms with Gasteiger partial charge in [-0.2, -0.15) is 0 Å². The Labute approximate surface area is 162 Å². The Morgan fingerprint density at radius 2 is 1.70 bits per heavy atom. The first kappa shape index (κ1) is 19.0. The fourth-order valence-corrected chi connectivity index (χ4v) is 2.93. The third-order valence-corrected chi connectivity index (χ3v) is 4.44. The first-order chi connectivity index (χ1) is 13.1. The van der Waals surface area contributed by atoms with E-state index in [-0.39, 0.29) is 5.56 Å². The number of methoxy groups -OCH3 is 1. The standard InChI is InChI=1S/C19H20ClN3O4/c1-26-17-7-4-14(20)12-16(17)19(25)22-21-18(24)13-2-5-15(6-3-13)23-8-10-27-11-9-23/h2-7,12H,8-11H2,1H3,(H,21,24)(H,22,25). The van der Waals surface area contributed by atoms with E-state index in [0.29, 0.717) is 29.5 Å². The Hall–Kier alpha value is -2.77. The molecule has 0 unspecified atom stereocenters. The van der Waals surface area contributed by atoms with Crippen molar-refractivity contribution in [1.29, 1.82) is 0 Å². The Balaban J connectivity index is 1.60. The lowest BCUT2D eigenvalue weighted by molar-refractivity contribution is 0.0845. The monoisotopic (exact) mass is 389 g/mol. The van der Waals surface area contributed by atoms with Crippen molar-refractivity contribution in [3.63, 3.8) is 0 Å². The van der Waals surface area contributed by atoms with Crippen LogP contribution in [-0.2, 0) is 4.74 Å². The summed E-state index contributed by atoms with van der Waals surface area (Å²) in [5.41, 5.74) is 6.46. The minimum atomic E-state index is -0.521. The van der Waals surface area contributed by atoms with Crippen LogP contribution in [0.2, 0.25) is 5.02 Å². The van der Waals surface area contributed by atoms with E-state index in [2.05, 4.69) is 15.8 Å². The molecule has 142 valence electrons. The number of anilines is 1. The van der Waals surface area contributed by atoms with Crippen molar-refractivity contribution < 1.29 is 19.1 Å². The van der Waals surface area contributed by atoms with Crippen LogP contribution in [0.1, 0.15) is 20.7 Å². The van der Waals surface area contributed by atoms with Crippen molar-refractivity contribution in [3.8, 4) is 5.75 Å². The number of benzene rings is 2. The highest BCUT2D eigenvalue weighted by Crippen LogP contribution is 2.22. The van der Waals surface area contributed by atoms with Crippen molar-refractivity contribution >= 4 is 29.1 Å². The zero-order valence-electron chi connectivity index (χ0n) is 14.8. The van der Waals surface area contributed by atoms with E-state index in [0.717, 1.165) is 18.8 Å². The highest BCUT2D eigenvalue weighted by molar-refractivity contribution is 6.31. The van der Waals surface area contributed by atoms with Crippen LogP contribution in [0, 0.1) is 0 Å². The number of rotatable bonds is 4. The summed E-state index contributed by atoms with van der Waals surface area (Å²) >= 11 is 5.92. The second-order valence-electron chi connectivity index (χ2n) is 5.90. The van der Waals surface area contributed by atoms with Gasteiger partial charge in [-0.1, -0.05) is 11.6 Å². The molecule has 2 aromatic carbocycles. The van der Waals surface area contributed by atoms with Crippen molar-refractivity contribution in [2.75, 3.05) is 38.3 Å². The van der Waals surface area contributed by atoms with Crippen molar-refractivity contribution in [2.45, 2.75) is 0 Å². The zero-order chi connectivity index (χ0) is 19.2. The van der Waals surface area contributed by atoms with Gasteiger partial charge < -0.3 is 14.4 Å².